The van der Waals surface area contributed by atoms with Gasteiger partial charge < -0.3 is 5.11 Å². The van der Waals surface area contributed by atoms with Crippen molar-refractivity contribution in [3.05, 3.63) is 33.9 Å². The molecule has 0 spiro atoms. The van der Waals surface area contributed by atoms with Crippen molar-refractivity contribution < 1.29 is 5.11 Å². The summed E-state index contributed by atoms with van der Waals surface area (Å²) in [5, 5.41) is 19.9. The number of aromatic nitrogens is 4. The first-order valence-corrected chi connectivity index (χ1v) is 7.28. The molecule has 0 aromatic carbocycles. The summed E-state index contributed by atoms with van der Waals surface area (Å²) in [6.45, 7) is 6.68. The number of hydrogen-bond donors (Lipinski definition) is 1. The number of aliphatic hydroxyl groups is 1. The molecular formula is C14H21ClN4O. The predicted molar refractivity (Wildman–Crippen MR) is 78.9 cm³/mol. The van der Waals surface area contributed by atoms with Crippen molar-refractivity contribution in [2.75, 3.05) is 0 Å². The molecule has 20 heavy (non-hydrogen) atoms. The highest BCUT2D eigenvalue weighted by Crippen LogP contribution is 2.26. The van der Waals surface area contributed by atoms with E-state index in [0.717, 1.165) is 35.7 Å². The highest BCUT2D eigenvalue weighted by Gasteiger charge is 2.20. The van der Waals surface area contributed by atoms with Crippen LogP contribution in [-0.4, -0.2) is 24.7 Å². The van der Waals surface area contributed by atoms with E-state index in [2.05, 4.69) is 17.1 Å². The van der Waals surface area contributed by atoms with Gasteiger partial charge in [0, 0.05) is 20.0 Å². The predicted octanol–water partition coefficient (Wildman–Crippen LogP) is 2.44. The summed E-state index contributed by atoms with van der Waals surface area (Å²) in [6, 6.07) is 1.96. The van der Waals surface area contributed by atoms with E-state index in [1.807, 2.05) is 31.6 Å². The Bertz CT molecular complexity index is 603. The smallest absolute Gasteiger partial charge is 0.101 e. The third kappa shape index (κ3) is 2.74. The maximum Gasteiger partial charge on any atom is 0.101 e. The molecule has 0 saturated heterocycles. The van der Waals surface area contributed by atoms with E-state index in [1.54, 1.807) is 4.68 Å². The summed E-state index contributed by atoms with van der Waals surface area (Å²) in [6.07, 6.45) is 0.665. The van der Waals surface area contributed by atoms with Crippen LogP contribution in [0.2, 0.25) is 5.02 Å². The maximum absolute atomic E-state index is 10.5. The molecule has 0 fully saturated rings. The second-order valence-corrected chi connectivity index (χ2v) is 5.30. The SMILES string of the molecule is CCc1cc(C(O)Cc2c(Cl)c(C)nn2C)n(CC)n1. The normalized spacial score (nSPS) is 12.9. The van der Waals surface area contributed by atoms with Gasteiger partial charge in [-0.15, -0.1) is 0 Å². The zero-order valence-electron chi connectivity index (χ0n) is 12.4. The van der Waals surface area contributed by atoms with Crippen LogP contribution in [-0.2, 0) is 26.4 Å². The van der Waals surface area contributed by atoms with Crippen LogP contribution in [0.4, 0.5) is 0 Å². The van der Waals surface area contributed by atoms with Crippen LogP contribution in [0.15, 0.2) is 6.07 Å². The van der Waals surface area contributed by atoms with E-state index in [1.165, 1.54) is 0 Å². The van der Waals surface area contributed by atoms with E-state index >= 15 is 0 Å². The molecule has 0 aliphatic rings. The first-order chi connectivity index (χ1) is 9.47. The molecule has 1 N–H and O–H groups in total. The zero-order chi connectivity index (χ0) is 14.9. The minimum Gasteiger partial charge on any atom is -0.386 e. The fourth-order valence-corrected chi connectivity index (χ4v) is 2.61. The number of rotatable bonds is 5. The van der Waals surface area contributed by atoms with Gasteiger partial charge in [-0.3, -0.25) is 9.36 Å². The highest BCUT2D eigenvalue weighted by molar-refractivity contribution is 6.31. The van der Waals surface area contributed by atoms with Gasteiger partial charge in [0.05, 0.1) is 27.8 Å². The molecular weight excluding hydrogens is 276 g/mol. The molecule has 2 aromatic heterocycles. The van der Waals surface area contributed by atoms with Crippen LogP contribution >= 0.6 is 11.6 Å². The Kier molecular flexibility index (Phi) is 4.50. The topological polar surface area (TPSA) is 55.9 Å². The van der Waals surface area contributed by atoms with Crippen molar-refractivity contribution >= 4 is 11.6 Å². The summed E-state index contributed by atoms with van der Waals surface area (Å²) in [5.74, 6) is 0. The first-order valence-electron chi connectivity index (χ1n) is 6.90. The van der Waals surface area contributed by atoms with Gasteiger partial charge in [0.1, 0.15) is 6.10 Å². The molecule has 2 aromatic rings. The van der Waals surface area contributed by atoms with Crippen LogP contribution in [0.3, 0.4) is 0 Å². The molecule has 0 bridgehead atoms. The Labute approximate surface area is 124 Å². The summed E-state index contributed by atoms with van der Waals surface area (Å²) < 4.78 is 3.58. The Morgan fingerprint density at radius 3 is 2.55 bits per heavy atom. The molecule has 2 heterocycles. The molecule has 1 unspecified atom stereocenters. The lowest BCUT2D eigenvalue weighted by Crippen LogP contribution is -2.12. The molecule has 0 radical (unpaired) electrons. The Hall–Kier alpha value is -1.33. The van der Waals surface area contributed by atoms with Gasteiger partial charge in [-0.05, 0) is 26.3 Å². The van der Waals surface area contributed by atoms with Crippen LogP contribution in [0.5, 0.6) is 0 Å². The second-order valence-electron chi connectivity index (χ2n) is 4.92. The molecule has 1 atom stereocenters. The fraction of sp³-hybridized carbons (Fsp3) is 0.571. The van der Waals surface area contributed by atoms with Gasteiger partial charge >= 0.3 is 0 Å². The Balaban J connectivity index is 2.27. The van der Waals surface area contributed by atoms with Crippen LogP contribution in [0.25, 0.3) is 0 Å². The number of halogens is 1. The van der Waals surface area contributed by atoms with Crippen molar-refractivity contribution in [1.82, 2.24) is 19.6 Å². The van der Waals surface area contributed by atoms with Crippen molar-refractivity contribution in [1.29, 1.82) is 0 Å². The number of hydrogen-bond acceptors (Lipinski definition) is 3. The molecule has 6 heteroatoms. The summed E-state index contributed by atoms with van der Waals surface area (Å²) >= 11 is 6.23. The van der Waals surface area contributed by atoms with Crippen LogP contribution in [0.1, 0.15) is 42.7 Å². The Morgan fingerprint density at radius 1 is 1.35 bits per heavy atom. The molecule has 5 nitrogen and oxygen atoms in total. The average molecular weight is 297 g/mol. The van der Waals surface area contributed by atoms with Crippen molar-refractivity contribution in [3.63, 3.8) is 0 Å². The molecule has 110 valence electrons. The third-order valence-electron chi connectivity index (χ3n) is 3.51. The van der Waals surface area contributed by atoms with Gasteiger partial charge in [0.15, 0.2) is 0 Å². The number of aliphatic hydroxyl groups excluding tert-OH is 1. The lowest BCUT2D eigenvalue weighted by Gasteiger charge is -2.12. The minimum atomic E-state index is -0.630. The zero-order valence-corrected chi connectivity index (χ0v) is 13.1. The molecule has 0 saturated carbocycles. The molecule has 0 amide bonds. The minimum absolute atomic E-state index is 0.436. The average Bonchev–Trinajstić information content (AvgIpc) is 2.95. The maximum atomic E-state index is 10.5. The van der Waals surface area contributed by atoms with E-state index in [0.29, 0.717) is 11.4 Å². The monoisotopic (exact) mass is 296 g/mol. The first kappa shape index (κ1) is 15.1. The standard InChI is InChI=1S/C14H21ClN4O/c1-5-10-7-11(19(6-2)17-10)13(20)8-12-14(15)9(3)16-18(12)4/h7,13,20H,5-6,8H2,1-4H3. The van der Waals surface area contributed by atoms with Gasteiger partial charge in [0.25, 0.3) is 0 Å². The lowest BCUT2D eigenvalue weighted by molar-refractivity contribution is 0.164. The fourth-order valence-electron chi connectivity index (χ4n) is 2.37. The van der Waals surface area contributed by atoms with E-state index in [9.17, 15) is 5.11 Å². The quantitative estimate of drug-likeness (QED) is 0.922. The van der Waals surface area contributed by atoms with Gasteiger partial charge in [-0.2, -0.15) is 10.2 Å². The lowest BCUT2D eigenvalue weighted by atomic mass is 10.1. The highest BCUT2D eigenvalue weighted by atomic mass is 35.5. The molecule has 2 rings (SSSR count). The van der Waals surface area contributed by atoms with E-state index < -0.39 is 6.10 Å². The van der Waals surface area contributed by atoms with E-state index in [-0.39, 0.29) is 0 Å². The number of aryl methyl sites for hydroxylation is 4. The van der Waals surface area contributed by atoms with Crippen molar-refractivity contribution in [2.45, 2.75) is 46.3 Å². The third-order valence-corrected chi connectivity index (χ3v) is 4.00. The van der Waals surface area contributed by atoms with Crippen LogP contribution < -0.4 is 0 Å². The Morgan fingerprint density at radius 2 is 2.05 bits per heavy atom. The molecule has 0 aliphatic carbocycles. The second kappa shape index (κ2) is 5.97. The van der Waals surface area contributed by atoms with Gasteiger partial charge in [0.2, 0.25) is 0 Å². The largest absolute Gasteiger partial charge is 0.386 e. The van der Waals surface area contributed by atoms with E-state index in [4.69, 9.17) is 11.6 Å². The van der Waals surface area contributed by atoms with Gasteiger partial charge in [-0.25, -0.2) is 0 Å². The van der Waals surface area contributed by atoms with Crippen molar-refractivity contribution in [3.8, 4) is 0 Å². The summed E-state index contributed by atoms with van der Waals surface area (Å²) in [5.41, 5.74) is 3.46. The molecule has 0 aliphatic heterocycles. The van der Waals surface area contributed by atoms with Gasteiger partial charge in [-0.1, -0.05) is 18.5 Å². The summed E-state index contributed by atoms with van der Waals surface area (Å²) in [4.78, 5) is 0. The number of nitrogens with zero attached hydrogens (tertiary/aromatic N) is 4. The summed E-state index contributed by atoms with van der Waals surface area (Å²) in [7, 11) is 1.84. The van der Waals surface area contributed by atoms with Crippen LogP contribution in [0, 0.1) is 6.92 Å². The van der Waals surface area contributed by atoms with Crippen molar-refractivity contribution in [2.24, 2.45) is 7.05 Å².